The van der Waals surface area contributed by atoms with Crippen molar-refractivity contribution in [1.29, 1.82) is 0 Å². The van der Waals surface area contributed by atoms with Crippen molar-refractivity contribution in [1.82, 2.24) is 0 Å². The summed E-state index contributed by atoms with van der Waals surface area (Å²) in [4.78, 5) is 10.2. The minimum atomic E-state index is -0.671. The van der Waals surface area contributed by atoms with Crippen LogP contribution in [0.2, 0.25) is 0 Å². The standard InChI is InChI=1S/C8H7FO2/c1-5-2-6(4-10)3-7(11)8(5)9/h2-4,11H,1H3. The number of benzene rings is 1. The first-order chi connectivity index (χ1) is 5.15. The Kier molecular flexibility index (Phi) is 1.89. The third kappa shape index (κ3) is 1.37. The molecule has 0 aliphatic carbocycles. The van der Waals surface area contributed by atoms with Gasteiger partial charge in [0.15, 0.2) is 11.6 Å². The van der Waals surface area contributed by atoms with Crippen molar-refractivity contribution in [3.05, 3.63) is 29.1 Å². The van der Waals surface area contributed by atoms with E-state index < -0.39 is 11.6 Å². The largest absolute Gasteiger partial charge is 0.505 e. The van der Waals surface area contributed by atoms with E-state index >= 15 is 0 Å². The van der Waals surface area contributed by atoms with Gasteiger partial charge in [-0.25, -0.2) is 4.39 Å². The number of aromatic hydroxyl groups is 1. The maximum atomic E-state index is 12.7. The van der Waals surface area contributed by atoms with Crippen molar-refractivity contribution in [3.8, 4) is 5.75 Å². The molecule has 0 saturated carbocycles. The number of aryl methyl sites for hydroxylation is 1. The number of halogens is 1. The van der Waals surface area contributed by atoms with Crippen LogP contribution >= 0.6 is 0 Å². The van der Waals surface area contributed by atoms with Crippen molar-refractivity contribution in [2.24, 2.45) is 0 Å². The van der Waals surface area contributed by atoms with Gasteiger partial charge in [-0.05, 0) is 24.6 Å². The maximum absolute atomic E-state index is 12.7. The van der Waals surface area contributed by atoms with Gasteiger partial charge in [0.25, 0.3) is 0 Å². The third-order valence-electron chi connectivity index (χ3n) is 1.39. The molecule has 11 heavy (non-hydrogen) atoms. The molecule has 2 nitrogen and oxygen atoms in total. The van der Waals surface area contributed by atoms with E-state index in [0.717, 1.165) is 6.07 Å². The second-order valence-corrected chi connectivity index (χ2v) is 2.29. The molecule has 0 fully saturated rings. The molecule has 58 valence electrons. The number of carbonyl (C=O) groups excluding carboxylic acids is 1. The van der Waals surface area contributed by atoms with Crippen molar-refractivity contribution in [2.45, 2.75) is 6.92 Å². The summed E-state index contributed by atoms with van der Waals surface area (Å²) in [6.07, 6.45) is 0.562. The summed E-state index contributed by atoms with van der Waals surface area (Å²) in [5.74, 6) is -1.15. The Hall–Kier alpha value is -1.38. The van der Waals surface area contributed by atoms with Crippen LogP contribution in [0.25, 0.3) is 0 Å². The molecular weight excluding hydrogens is 147 g/mol. The molecule has 0 saturated heterocycles. The van der Waals surface area contributed by atoms with Crippen LogP contribution in [-0.2, 0) is 0 Å². The second-order valence-electron chi connectivity index (χ2n) is 2.29. The normalized spacial score (nSPS) is 9.64. The maximum Gasteiger partial charge on any atom is 0.167 e. The average molecular weight is 154 g/mol. The third-order valence-corrected chi connectivity index (χ3v) is 1.39. The zero-order valence-electron chi connectivity index (χ0n) is 5.97. The molecule has 0 unspecified atom stereocenters. The second kappa shape index (κ2) is 2.70. The minimum absolute atomic E-state index is 0.270. The van der Waals surface area contributed by atoms with Crippen LogP contribution in [0.1, 0.15) is 15.9 Å². The molecule has 1 N–H and O–H groups in total. The van der Waals surface area contributed by atoms with Gasteiger partial charge in [-0.3, -0.25) is 4.79 Å². The van der Waals surface area contributed by atoms with Gasteiger partial charge >= 0.3 is 0 Å². The first-order valence-electron chi connectivity index (χ1n) is 3.09. The van der Waals surface area contributed by atoms with Gasteiger partial charge in [-0.15, -0.1) is 0 Å². The summed E-state index contributed by atoms with van der Waals surface area (Å²) in [5.41, 5.74) is 0.550. The lowest BCUT2D eigenvalue weighted by molar-refractivity contribution is 0.112. The molecular formula is C8H7FO2. The summed E-state index contributed by atoms with van der Waals surface area (Å²) in [6, 6.07) is 2.47. The molecule has 1 rings (SSSR count). The molecule has 0 aliphatic heterocycles. The number of aldehydes is 1. The molecule has 0 atom stereocenters. The zero-order chi connectivity index (χ0) is 8.43. The Labute approximate surface area is 63.3 Å². The van der Waals surface area contributed by atoms with Crippen molar-refractivity contribution >= 4 is 6.29 Å². The SMILES string of the molecule is Cc1cc(C=O)cc(O)c1F. The van der Waals surface area contributed by atoms with Crippen LogP contribution in [0.3, 0.4) is 0 Å². The minimum Gasteiger partial charge on any atom is -0.505 e. The molecule has 1 aromatic carbocycles. The summed E-state index contributed by atoms with van der Waals surface area (Å²) in [5, 5.41) is 8.88. The summed E-state index contributed by atoms with van der Waals surface area (Å²) in [7, 11) is 0. The Morgan fingerprint density at radius 2 is 2.18 bits per heavy atom. The number of carbonyl (C=O) groups is 1. The number of phenolic OH excluding ortho intramolecular Hbond substituents is 1. The van der Waals surface area contributed by atoms with E-state index in [2.05, 4.69) is 0 Å². The fourth-order valence-corrected chi connectivity index (χ4v) is 0.846. The fraction of sp³-hybridized carbons (Fsp3) is 0.125. The molecule has 0 aromatic heterocycles. The van der Waals surface area contributed by atoms with Crippen LogP contribution in [0.5, 0.6) is 5.75 Å². The van der Waals surface area contributed by atoms with E-state index in [9.17, 15) is 9.18 Å². The first-order valence-corrected chi connectivity index (χ1v) is 3.09. The lowest BCUT2D eigenvalue weighted by Gasteiger charge is -1.99. The number of hydrogen-bond donors (Lipinski definition) is 1. The predicted octanol–water partition coefficient (Wildman–Crippen LogP) is 1.65. The first kappa shape index (κ1) is 7.72. The molecule has 1 aromatic rings. The van der Waals surface area contributed by atoms with Crippen LogP contribution < -0.4 is 0 Å². The van der Waals surface area contributed by atoms with Crippen molar-refractivity contribution in [2.75, 3.05) is 0 Å². The van der Waals surface area contributed by atoms with Crippen LogP contribution in [0, 0.1) is 12.7 Å². The van der Waals surface area contributed by atoms with Gasteiger partial charge in [0.05, 0.1) is 0 Å². The molecule has 3 heteroatoms. The van der Waals surface area contributed by atoms with Gasteiger partial charge in [0.1, 0.15) is 6.29 Å². The van der Waals surface area contributed by atoms with Gasteiger partial charge in [-0.1, -0.05) is 0 Å². The van der Waals surface area contributed by atoms with E-state index in [0.29, 0.717) is 6.29 Å². The summed E-state index contributed by atoms with van der Waals surface area (Å²) >= 11 is 0. The van der Waals surface area contributed by atoms with Gasteiger partial charge in [0, 0.05) is 5.56 Å². The van der Waals surface area contributed by atoms with Gasteiger partial charge < -0.3 is 5.11 Å². The van der Waals surface area contributed by atoms with E-state index in [1.165, 1.54) is 13.0 Å². The highest BCUT2D eigenvalue weighted by Crippen LogP contribution is 2.19. The number of hydrogen-bond acceptors (Lipinski definition) is 2. The van der Waals surface area contributed by atoms with E-state index in [4.69, 9.17) is 5.11 Å². The van der Waals surface area contributed by atoms with Crippen molar-refractivity contribution < 1.29 is 14.3 Å². The Bertz CT molecular complexity index is 271. The van der Waals surface area contributed by atoms with Crippen LogP contribution in [0.15, 0.2) is 12.1 Å². The molecule has 0 radical (unpaired) electrons. The lowest BCUT2D eigenvalue weighted by Crippen LogP contribution is -1.87. The summed E-state index contributed by atoms with van der Waals surface area (Å²) in [6.45, 7) is 1.49. The van der Waals surface area contributed by atoms with Gasteiger partial charge in [0.2, 0.25) is 0 Å². The molecule has 0 amide bonds. The highest BCUT2D eigenvalue weighted by Gasteiger charge is 2.04. The highest BCUT2D eigenvalue weighted by atomic mass is 19.1. The highest BCUT2D eigenvalue weighted by molar-refractivity contribution is 5.76. The Morgan fingerprint density at radius 3 is 2.64 bits per heavy atom. The van der Waals surface area contributed by atoms with Crippen molar-refractivity contribution in [3.63, 3.8) is 0 Å². The predicted molar refractivity (Wildman–Crippen MR) is 38.2 cm³/mol. The Balaban J connectivity index is 3.31. The molecule has 0 aliphatic rings. The van der Waals surface area contributed by atoms with Crippen LogP contribution in [0.4, 0.5) is 4.39 Å². The smallest absolute Gasteiger partial charge is 0.167 e. The monoisotopic (exact) mass is 154 g/mol. The van der Waals surface area contributed by atoms with Crippen LogP contribution in [-0.4, -0.2) is 11.4 Å². The zero-order valence-corrected chi connectivity index (χ0v) is 5.97. The summed E-state index contributed by atoms with van der Waals surface area (Å²) < 4.78 is 12.7. The number of phenols is 1. The molecule has 0 bridgehead atoms. The average Bonchev–Trinajstić information content (AvgIpc) is 1.99. The molecule has 0 spiro atoms. The quantitative estimate of drug-likeness (QED) is 0.624. The Morgan fingerprint density at radius 1 is 1.55 bits per heavy atom. The van der Waals surface area contributed by atoms with E-state index in [-0.39, 0.29) is 11.1 Å². The number of rotatable bonds is 1. The molecule has 0 heterocycles. The van der Waals surface area contributed by atoms with E-state index in [1.54, 1.807) is 0 Å². The van der Waals surface area contributed by atoms with Gasteiger partial charge in [-0.2, -0.15) is 0 Å². The van der Waals surface area contributed by atoms with E-state index in [1.807, 2.05) is 0 Å². The fourth-order valence-electron chi connectivity index (χ4n) is 0.846. The topological polar surface area (TPSA) is 37.3 Å². The lowest BCUT2D eigenvalue weighted by atomic mass is 10.1.